The van der Waals surface area contributed by atoms with Gasteiger partial charge in [0.2, 0.25) is 0 Å². The lowest BCUT2D eigenvalue weighted by Crippen LogP contribution is -2.49. The quantitative estimate of drug-likeness (QED) is 0.816. The van der Waals surface area contributed by atoms with Crippen LogP contribution in [0, 0.1) is 23.2 Å². The average Bonchev–Trinajstić information content (AvgIpc) is 2.89. The molecule has 0 amide bonds. The fourth-order valence-corrected chi connectivity index (χ4v) is 3.54. The van der Waals surface area contributed by atoms with Crippen LogP contribution in [0.4, 0.5) is 0 Å². The van der Waals surface area contributed by atoms with Crippen molar-refractivity contribution >= 4 is 0 Å². The van der Waals surface area contributed by atoms with E-state index in [-0.39, 0.29) is 0 Å². The van der Waals surface area contributed by atoms with Crippen LogP contribution in [0.2, 0.25) is 0 Å². The number of nitrogens with zero attached hydrogens (tertiary/aromatic N) is 1. The Hall–Kier alpha value is -0.0800. The SMILES string of the molecule is CC1CC1CN(C)CC1CCCC(C)(C)C1N. The second-order valence-electron chi connectivity index (χ2n) is 7.36. The van der Waals surface area contributed by atoms with E-state index < -0.39 is 0 Å². The van der Waals surface area contributed by atoms with Crippen LogP contribution < -0.4 is 5.73 Å². The smallest absolute Gasteiger partial charge is 0.0131 e. The second kappa shape index (κ2) is 4.89. The Bertz CT molecular complexity index is 262. The zero-order valence-electron chi connectivity index (χ0n) is 12.1. The molecule has 0 aromatic carbocycles. The predicted octanol–water partition coefficient (Wildman–Crippen LogP) is 2.73. The fraction of sp³-hybridized carbons (Fsp3) is 1.00. The summed E-state index contributed by atoms with van der Waals surface area (Å²) >= 11 is 0. The Morgan fingerprint density at radius 2 is 1.82 bits per heavy atom. The van der Waals surface area contributed by atoms with Gasteiger partial charge in [0.1, 0.15) is 0 Å². The third-order valence-corrected chi connectivity index (χ3v) is 5.17. The number of hydrogen-bond donors (Lipinski definition) is 1. The van der Waals surface area contributed by atoms with Gasteiger partial charge in [-0.25, -0.2) is 0 Å². The molecule has 2 N–H and O–H groups in total. The summed E-state index contributed by atoms with van der Waals surface area (Å²) in [6.45, 7) is 9.53. The van der Waals surface area contributed by atoms with Crippen LogP contribution in [0.1, 0.15) is 46.5 Å². The standard InChI is InChI=1S/C15H30N2/c1-11-8-13(11)10-17(4)9-12-6-5-7-15(2,3)14(12)16/h11-14H,5-10,16H2,1-4H3. The molecule has 100 valence electrons. The lowest BCUT2D eigenvalue weighted by Gasteiger charge is -2.43. The zero-order chi connectivity index (χ0) is 12.6. The Morgan fingerprint density at radius 3 is 2.41 bits per heavy atom. The Morgan fingerprint density at radius 1 is 1.24 bits per heavy atom. The molecule has 17 heavy (non-hydrogen) atoms. The summed E-state index contributed by atoms with van der Waals surface area (Å²) in [6.07, 6.45) is 5.43. The van der Waals surface area contributed by atoms with Crippen LogP contribution in [0.5, 0.6) is 0 Å². The molecule has 2 saturated carbocycles. The van der Waals surface area contributed by atoms with Crippen molar-refractivity contribution in [3.8, 4) is 0 Å². The van der Waals surface area contributed by atoms with E-state index in [1.807, 2.05) is 0 Å². The van der Waals surface area contributed by atoms with Gasteiger partial charge in [-0.05, 0) is 49.5 Å². The molecule has 4 atom stereocenters. The van der Waals surface area contributed by atoms with Gasteiger partial charge in [-0.3, -0.25) is 0 Å². The lowest BCUT2D eigenvalue weighted by atomic mass is 9.68. The maximum atomic E-state index is 6.45. The molecule has 0 heterocycles. The normalized spacial score (nSPS) is 40.6. The molecule has 0 aromatic heterocycles. The molecule has 0 aliphatic heterocycles. The highest BCUT2D eigenvalue weighted by molar-refractivity contribution is 4.93. The first-order valence-electron chi connectivity index (χ1n) is 7.34. The molecule has 0 bridgehead atoms. The van der Waals surface area contributed by atoms with E-state index in [0.717, 1.165) is 11.8 Å². The summed E-state index contributed by atoms with van der Waals surface area (Å²) in [6, 6.07) is 0.385. The minimum atomic E-state index is 0.344. The van der Waals surface area contributed by atoms with Crippen molar-refractivity contribution in [2.24, 2.45) is 28.9 Å². The first kappa shape index (κ1) is 13.4. The second-order valence-corrected chi connectivity index (χ2v) is 7.36. The van der Waals surface area contributed by atoms with Crippen LogP contribution >= 0.6 is 0 Å². The van der Waals surface area contributed by atoms with E-state index in [1.54, 1.807) is 0 Å². The Kier molecular flexibility index (Phi) is 3.84. The number of hydrogen-bond acceptors (Lipinski definition) is 2. The van der Waals surface area contributed by atoms with E-state index in [0.29, 0.717) is 17.4 Å². The zero-order valence-corrected chi connectivity index (χ0v) is 12.1. The number of rotatable bonds is 4. The topological polar surface area (TPSA) is 29.3 Å². The summed E-state index contributed by atoms with van der Waals surface area (Å²) in [5.74, 6) is 2.64. The Balaban J connectivity index is 1.81. The molecule has 2 nitrogen and oxygen atoms in total. The molecule has 2 heteroatoms. The van der Waals surface area contributed by atoms with Gasteiger partial charge in [0.05, 0.1) is 0 Å². The first-order chi connectivity index (χ1) is 7.90. The van der Waals surface area contributed by atoms with Gasteiger partial charge in [-0.1, -0.05) is 27.2 Å². The van der Waals surface area contributed by atoms with Gasteiger partial charge >= 0.3 is 0 Å². The lowest BCUT2D eigenvalue weighted by molar-refractivity contribution is 0.109. The van der Waals surface area contributed by atoms with Crippen LogP contribution in [0.25, 0.3) is 0 Å². The van der Waals surface area contributed by atoms with Crippen LogP contribution in [0.15, 0.2) is 0 Å². The van der Waals surface area contributed by atoms with Crippen molar-refractivity contribution < 1.29 is 0 Å². The van der Waals surface area contributed by atoms with Crippen molar-refractivity contribution in [1.82, 2.24) is 4.90 Å². The fourth-order valence-electron chi connectivity index (χ4n) is 3.54. The van der Waals surface area contributed by atoms with E-state index in [1.165, 1.54) is 38.8 Å². The average molecular weight is 238 g/mol. The third-order valence-electron chi connectivity index (χ3n) is 5.17. The summed E-state index contributed by atoms with van der Waals surface area (Å²) in [5, 5.41) is 0. The van der Waals surface area contributed by atoms with E-state index >= 15 is 0 Å². The summed E-state index contributed by atoms with van der Waals surface area (Å²) in [5.41, 5.74) is 6.80. The molecule has 2 aliphatic carbocycles. The highest BCUT2D eigenvalue weighted by Crippen LogP contribution is 2.40. The molecule has 0 radical (unpaired) electrons. The van der Waals surface area contributed by atoms with Crippen LogP contribution in [-0.4, -0.2) is 31.1 Å². The van der Waals surface area contributed by atoms with Gasteiger partial charge in [0.25, 0.3) is 0 Å². The molecule has 4 unspecified atom stereocenters. The molecular weight excluding hydrogens is 208 g/mol. The first-order valence-corrected chi connectivity index (χ1v) is 7.34. The van der Waals surface area contributed by atoms with Crippen LogP contribution in [-0.2, 0) is 0 Å². The number of nitrogens with two attached hydrogens (primary N) is 1. The van der Waals surface area contributed by atoms with Crippen LogP contribution in [0.3, 0.4) is 0 Å². The molecule has 2 rings (SSSR count). The van der Waals surface area contributed by atoms with E-state index in [4.69, 9.17) is 5.73 Å². The van der Waals surface area contributed by atoms with Crippen molar-refractivity contribution in [3.63, 3.8) is 0 Å². The van der Waals surface area contributed by atoms with E-state index in [2.05, 4.69) is 32.7 Å². The third kappa shape index (κ3) is 3.23. The molecule has 0 spiro atoms. The summed E-state index contributed by atoms with van der Waals surface area (Å²) in [7, 11) is 2.28. The van der Waals surface area contributed by atoms with Gasteiger partial charge in [-0.15, -0.1) is 0 Å². The maximum absolute atomic E-state index is 6.45. The Labute approximate surface area is 107 Å². The molecular formula is C15H30N2. The van der Waals surface area contributed by atoms with E-state index in [9.17, 15) is 0 Å². The molecule has 0 saturated heterocycles. The van der Waals surface area contributed by atoms with Crippen molar-refractivity contribution in [3.05, 3.63) is 0 Å². The monoisotopic (exact) mass is 238 g/mol. The molecule has 2 aliphatic rings. The van der Waals surface area contributed by atoms with Crippen molar-refractivity contribution in [1.29, 1.82) is 0 Å². The van der Waals surface area contributed by atoms with Gasteiger partial charge in [-0.2, -0.15) is 0 Å². The summed E-state index contributed by atoms with van der Waals surface area (Å²) < 4.78 is 0. The minimum Gasteiger partial charge on any atom is -0.327 e. The largest absolute Gasteiger partial charge is 0.327 e. The van der Waals surface area contributed by atoms with Crippen molar-refractivity contribution in [2.75, 3.05) is 20.1 Å². The van der Waals surface area contributed by atoms with Gasteiger partial charge in [0, 0.05) is 19.1 Å². The van der Waals surface area contributed by atoms with Gasteiger partial charge in [0.15, 0.2) is 0 Å². The highest BCUT2D eigenvalue weighted by Gasteiger charge is 2.38. The highest BCUT2D eigenvalue weighted by atomic mass is 15.1. The van der Waals surface area contributed by atoms with Crippen molar-refractivity contribution in [2.45, 2.75) is 52.5 Å². The summed E-state index contributed by atoms with van der Waals surface area (Å²) in [4.78, 5) is 2.53. The minimum absolute atomic E-state index is 0.344. The molecule has 2 fully saturated rings. The molecule has 0 aromatic rings. The maximum Gasteiger partial charge on any atom is 0.0131 e. The van der Waals surface area contributed by atoms with Gasteiger partial charge < -0.3 is 10.6 Å². The predicted molar refractivity (Wildman–Crippen MR) is 73.9 cm³/mol.